The summed E-state index contributed by atoms with van der Waals surface area (Å²) in [5.74, 6) is 1.04. The maximum absolute atomic E-state index is 12.0. The fourth-order valence-electron chi connectivity index (χ4n) is 2.58. The number of ether oxygens (including phenoxy) is 3. The molecule has 0 aliphatic rings. The van der Waals surface area contributed by atoms with Crippen LogP contribution in [0, 0.1) is 0 Å². The molecule has 0 heterocycles. The second-order valence-corrected chi connectivity index (χ2v) is 6.40. The van der Waals surface area contributed by atoms with Crippen molar-refractivity contribution in [3.8, 4) is 17.2 Å². The molecule has 1 unspecified atom stereocenters. The molecule has 0 aliphatic heterocycles. The smallest absolute Gasteiger partial charge is 0.276 e. The van der Waals surface area contributed by atoms with Crippen LogP contribution < -0.4 is 25.1 Å². The first-order valence-corrected chi connectivity index (χ1v) is 9.69. The predicted molar refractivity (Wildman–Crippen MR) is 110 cm³/mol. The first kappa shape index (κ1) is 22.1. The Kier molecular flexibility index (Phi) is 8.82. The van der Waals surface area contributed by atoms with E-state index < -0.39 is 11.8 Å². The topological polar surface area (TPSA) is 85.9 Å². The molecule has 29 heavy (non-hydrogen) atoms. The van der Waals surface area contributed by atoms with Crippen molar-refractivity contribution in [2.75, 3.05) is 19.8 Å². The molecule has 0 aliphatic carbocycles. The monoisotopic (exact) mass is 400 g/mol. The van der Waals surface area contributed by atoms with Crippen LogP contribution in [0.4, 0.5) is 0 Å². The van der Waals surface area contributed by atoms with Crippen LogP contribution in [0.1, 0.15) is 38.7 Å². The van der Waals surface area contributed by atoms with Crippen LogP contribution in [0.5, 0.6) is 17.2 Å². The SMILES string of the molecule is CCOc1ccccc1OCC(=O)NNC(=O)COc1ccccc1C(C)CC. The molecule has 2 aromatic carbocycles. The largest absolute Gasteiger partial charge is 0.490 e. The van der Waals surface area contributed by atoms with Gasteiger partial charge < -0.3 is 14.2 Å². The highest BCUT2D eigenvalue weighted by Crippen LogP contribution is 2.28. The molecule has 7 heteroatoms. The molecule has 2 amide bonds. The summed E-state index contributed by atoms with van der Waals surface area (Å²) in [6.07, 6.45) is 0.967. The Morgan fingerprint density at radius 2 is 1.28 bits per heavy atom. The van der Waals surface area contributed by atoms with Crippen LogP contribution in [0.3, 0.4) is 0 Å². The lowest BCUT2D eigenvalue weighted by Gasteiger charge is -2.15. The van der Waals surface area contributed by atoms with Crippen molar-refractivity contribution in [2.24, 2.45) is 0 Å². The third-order valence-corrected chi connectivity index (χ3v) is 4.27. The number of amides is 2. The van der Waals surface area contributed by atoms with Crippen LogP contribution >= 0.6 is 0 Å². The van der Waals surface area contributed by atoms with E-state index in [0.29, 0.717) is 29.8 Å². The van der Waals surface area contributed by atoms with Crippen molar-refractivity contribution in [3.63, 3.8) is 0 Å². The van der Waals surface area contributed by atoms with E-state index in [0.717, 1.165) is 12.0 Å². The minimum atomic E-state index is -0.496. The number of rotatable bonds is 10. The summed E-state index contributed by atoms with van der Waals surface area (Å²) >= 11 is 0. The third-order valence-electron chi connectivity index (χ3n) is 4.27. The summed E-state index contributed by atoms with van der Waals surface area (Å²) in [5.41, 5.74) is 5.67. The van der Waals surface area contributed by atoms with Crippen LogP contribution in [0.2, 0.25) is 0 Å². The first-order valence-electron chi connectivity index (χ1n) is 9.69. The number of nitrogens with one attached hydrogen (secondary N) is 2. The highest BCUT2D eigenvalue weighted by Gasteiger charge is 2.12. The van der Waals surface area contributed by atoms with Gasteiger partial charge in [0.1, 0.15) is 5.75 Å². The van der Waals surface area contributed by atoms with Crippen LogP contribution in [-0.2, 0) is 9.59 Å². The predicted octanol–water partition coefficient (Wildman–Crippen LogP) is 3.20. The van der Waals surface area contributed by atoms with E-state index in [4.69, 9.17) is 14.2 Å². The van der Waals surface area contributed by atoms with Gasteiger partial charge in [-0.3, -0.25) is 20.4 Å². The van der Waals surface area contributed by atoms with E-state index >= 15 is 0 Å². The van der Waals surface area contributed by atoms with E-state index in [1.54, 1.807) is 18.2 Å². The van der Waals surface area contributed by atoms with Gasteiger partial charge >= 0.3 is 0 Å². The molecule has 0 bridgehead atoms. The quantitative estimate of drug-likeness (QED) is 0.598. The van der Waals surface area contributed by atoms with Gasteiger partial charge in [-0.2, -0.15) is 0 Å². The fraction of sp³-hybridized carbons (Fsp3) is 0.364. The zero-order valence-electron chi connectivity index (χ0n) is 17.1. The molecular formula is C22H28N2O5. The van der Waals surface area contributed by atoms with E-state index in [2.05, 4.69) is 24.7 Å². The van der Waals surface area contributed by atoms with Crippen molar-refractivity contribution in [1.29, 1.82) is 0 Å². The van der Waals surface area contributed by atoms with Crippen LogP contribution in [0.25, 0.3) is 0 Å². The van der Waals surface area contributed by atoms with Crippen molar-refractivity contribution in [3.05, 3.63) is 54.1 Å². The normalized spacial score (nSPS) is 11.3. The van der Waals surface area contributed by atoms with Crippen molar-refractivity contribution >= 4 is 11.8 Å². The number of carbonyl (C=O) groups excluding carboxylic acids is 2. The molecule has 0 spiro atoms. The Balaban J connectivity index is 1.76. The summed E-state index contributed by atoms with van der Waals surface area (Å²) < 4.78 is 16.5. The molecule has 1 atom stereocenters. The van der Waals surface area contributed by atoms with E-state index in [9.17, 15) is 9.59 Å². The highest BCUT2D eigenvalue weighted by atomic mass is 16.5. The number of para-hydroxylation sites is 3. The second kappa shape index (κ2) is 11.6. The maximum Gasteiger partial charge on any atom is 0.276 e. The summed E-state index contributed by atoms with van der Waals surface area (Å²) in [6, 6.07) is 14.7. The van der Waals surface area contributed by atoms with Crippen LogP contribution in [0.15, 0.2) is 48.5 Å². The fourth-order valence-corrected chi connectivity index (χ4v) is 2.58. The molecule has 0 aromatic heterocycles. The lowest BCUT2D eigenvalue weighted by molar-refractivity contribution is -0.131. The molecule has 0 saturated heterocycles. The number of benzene rings is 2. The third kappa shape index (κ3) is 7.03. The number of hydrogen-bond acceptors (Lipinski definition) is 5. The molecule has 7 nitrogen and oxygen atoms in total. The molecule has 0 saturated carbocycles. The molecule has 2 rings (SSSR count). The van der Waals surface area contributed by atoms with Gasteiger partial charge in [0.2, 0.25) is 0 Å². The average molecular weight is 400 g/mol. The molecule has 2 aromatic rings. The number of hydrogen-bond donors (Lipinski definition) is 2. The second-order valence-electron chi connectivity index (χ2n) is 6.40. The van der Waals surface area contributed by atoms with Gasteiger partial charge in [-0.05, 0) is 43.0 Å². The summed E-state index contributed by atoms with van der Waals surface area (Å²) in [6.45, 7) is 6.08. The van der Waals surface area contributed by atoms with Crippen molar-refractivity contribution < 1.29 is 23.8 Å². The number of hydrazine groups is 1. The molecule has 0 radical (unpaired) electrons. The van der Waals surface area contributed by atoms with Gasteiger partial charge in [0.25, 0.3) is 11.8 Å². The zero-order valence-corrected chi connectivity index (χ0v) is 17.1. The molecule has 2 N–H and O–H groups in total. The number of carbonyl (C=O) groups is 2. The standard InChI is InChI=1S/C22H28N2O5/c1-4-16(3)17-10-6-7-11-18(17)28-14-21(25)23-24-22(26)15-29-20-13-9-8-12-19(20)27-5-2/h6-13,16H,4-5,14-15H2,1-3H3,(H,23,25)(H,24,26). The van der Waals surface area contributed by atoms with Gasteiger partial charge in [-0.15, -0.1) is 0 Å². The Morgan fingerprint density at radius 1 is 0.793 bits per heavy atom. The van der Waals surface area contributed by atoms with E-state index in [-0.39, 0.29) is 13.2 Å². The van der Waals surface area contributed by atoms with Crippen molar-refractivity contribution in [1.82, 2.24) is 10.9 Å². The van der Waals surface area contributed by atoms with E-state index in [1.165, 1.54) is 0 Å². The summed E-state index contributed by atoms with van der Waals surface area (Å²) in [5, 5.41) is 0. The van der Waals surface area contributed by atoms with Gasteiger partial charge in [-0.25, -0.2) is 0 Å². The minimum absolute atomic E-state index is 0.207. The molecule has 0 fully saturated rings. The minimum Gasteiger partial charge on any atom is -0.490 e. The first-order chi connectivity index (χ1) is 14.0. The Labute approximate surface area is 171 Å². The molecular weight excluding hydrogens is 372 g/mol. The summed E-state index contributed by atoms with van der Waals surface area (Å²) in [4.78, 5) is 23.9. The van der Waals surface area contributed by atoms with Gasteiger partial charge in [-0.1, -0.05) is 44.2 Å². The summed E-state index contributed by atoms with van der Waals surface area (Å²) in [7, 11) is 0. The van der Waals surface area contributed by atoms with E-state index in [1.807, 2.05) is 37.3 Å². The lowest BCUT2D eigenvalue weighted by atomic mass is 9.98. The Bertz CT molecular complexity index is 809. The Morgan fingerprint density at radius 3 is 1.83 bits per heavy atom. The lowest BCUT2D eigenvalue weighted by Crippen LogP contribution is -2.45. The Hall–Kier alpha value is -3.22. The highest BCUT2D eigenvalue weighted by molar-refractivity contribution is 5.83. The average Bonchev–Trinajstić information content (AvgIpc) is 2.75. The van der Waals surface area contributed by atoms with Crippen molar-refractivity contribution in [2.45, 2.75) is 33.1 Å². The molecule has 156 valence electrons. The maximum atomic E-state index is 12.0. The zero-order chi connectivity index (χ0) is 21.1. The van der Waals surface area contributed by atoms with Gasteiger partial charge in [0, 0.05) is 0 Å². The van der Waals surface area contributed by atoms with Gasteiger partial charge in [0.15, 0.2) is 24.7 Å². The van der Waals surface area contributed by atoms with Gasteiger partial charge in [0.05, 0.1) is 6.61 Å². The van der Waals surface area contributed by atoms with Crippen LogP contribution in [-0.4, -0.2) is 31.6 Å².